The Bertz CT molecular complexity index is 1310. The van der Waals surface area contributed by atoms with Gasteiger partial charge in [-0.15, -0.1) is 0 Å². The number of thioether (sulfide) groups is 1. The van der Waals surface area contributed by atoms with E-state index >= 15 is 0 Å². The Labute approximate surface area is 204 Å². The second kappa shape index (κ2) is 10.4. The summed E-state index contributed by atoms with van der Waals surface area (Å²) in [4.78, 5) is 17.0. The first-order valence-corrected chi connectivity index (χ1v) is 11.7. The Morgan fingerprint density at radius 3 is 2.59 bits per heavy atom. The van der Waals surface area contributed by atoms with Crippen LogP contribution in [0.4, 0.5) is 0 Å². The van der Waals surface area contributed by atoms with Gasteiger partial charge in [0.05, 0.1) is 39.6 Å². The largest absolute Gasteiger partial charge is 0.314 e. The summed E-state index contributed by atoms with van der Waals surface area (Å²) in [7, 11) is 0. The lowest BCUT2D eigenvalue weighted by Crippen LogP contribution is -2.20. The molecule has 1 heterocycles. The third kappa shape index (κ3) is 5.27. The van der Waals surface area contributed by atoms with Crippen LogP contribution < -0.4 is 5.43 Å². The first-order chi connectivity index (χ1) is 15.5. The molecule has 0 atom stereocenters. The van der Waals surface area contributed by atoms with E-state index in [2.05, 4.69) is 15.1 Å². The van der Waals surface area contributed by atoms with Gasteiger partial charge in [0.1, 0.15) is 0 Å². The second-order valence-electron chi connectivity index (χ2n) is 6.79. The molecule has 9 heteroatoms. The number of para-hydroxylation sites is 2. The standard InChI is InChI=1S/C23H17Cl3N4OS/c24-17-8-2-1-6-16(17)13-30-20-11-4-3-10-19(20)28-23(30)32-14-21(31)29-27-12-15-7-5-9-18(25)22(15)26/h1-12H,13-14H2,(H,29,31). The zero-order chi connectivity index (χ0) is 22.5. The number of aromatic nitrogens is 2. The molecule has 0 unspecified atom stereocenters. The molecule has 1 amide bonds. The molecule has 0 saturated carbocycles. The molecule has 0 fully saturated rings. The molecule has 0 radical (unpaired) electrons. The molecule has 0 bridgehead atoms. The minimum atomic E-state index is -0.263. The lowest BCUT2D eigenvalue weighted by atomic mass is 10.2. The number of hydrazone groups is 1. The van der Waals surface area contributed by atoms with Gasteiger partial charge in [0.2, 0.25) is 0 Å². The van der Waals surface area contributed by atoms with Crippen LogP contribution in [0.15, 0.2) is 77.0 Å². The fourth-order valence-electron chi connectivity index (χ4n) is 3.07. The Balaban J connectivity index is 1.47. The van der Waals surface area contributed by atoms with Crippen molar-refractivity contribution in [3.63, 3.8) is 0 Å². The first-order valence-electron chi connectivity index (χ1n) is 9.60. The van der Waals surface area contributed by atoms with Crippen molar-refractivity contribution < 1.29 is 4.79 Å². The molecule has 32 heavy (non-hydrogen) atoms. The van der Waals surface area contributed by atoms with Gasteiger partial charge >= 0.3 is 0 Å². The van der Waals surface area contributed by atoms with E-state index in [1.807, 2.05) is 48.5 Å². The molecule has 4 rings (SSSR count). The summed E-state index contributed by atoms with van der Waals surface area (Å²) >= 11 is 19.8. The molecule has 1 aromatic heterocycles. The Kier molecular flexibility index (Phi) is 7.37. The number of benzene rings is 3. The highest BCUT2D eigenvalue weighted by molar-refractivity contribution is 7.99. The molecule has 0 saturated heterocycles. The number of amides is 1. The van der Waals surface area contributed by atoms with Gasteiger partial charge < -0.3 is 4.57 Å². The summed E-state index contributed by atoms with van der Waals surface area (Å²) in [6, 6.07) is 20.7. The summed E-state index contributed by atoms with van der Waals surface area (Å²) in [5, 5.41) is 6.20. The molecular weight excluding hydrogens is 487 g/mol. The third-order valence-corrected chi connectivity index (χ3v) is 6.79. The Morgan fingerprint density at radius 2 is 1.75 bits per heavy atom. The number of rotatable bonds is 7. The Morgan fingerprint density at radius 1 is 1.00 bits per heavy atom. The van der Waals surface area contributed by atoms with Crippen LogP contribution in [0.3, 0.4) is 0 Å². The number of nitrogens with zero attached hydrogens (tertiary/aromatic N) is 3. The molecule has 3 aromatic carbocycles. The normalized spacial score (nSPS) is 11.3. The number of fused-ring (bicyclic) bond motifs is 1. The predicted octanol–water partition coefficient (Wildman–Crippen LogP) is 6.29. The number of imidazole rings is 1. The van der Waals surface area contributed by atoms with E-state index < -0.39 is 0 Å². The summed E-state index contributed by atoms with van der Waals surface area (Å²) in [5.74, 6) is -0.118. The lowest BCUT2D eigenvalue weighted by molar-refractivity contribution is -0.118. The average Bonchev–Trinajstić information content (AvgIpc) is 3.14. The molecule has 1 N–H and O–H groups in total. The lowest BCUT2D eigenvalue weighted by Gasteiger charge is -2.10. The maximum absolute atomic E-state index is 12.3. The molecule has 162 valence electrons. The van der Waals surface area contributed by atoms with E-state index in [1.54, 1.807) is 18.2 Å². The summed E-state index contributed by atoms with van der Waals surface area (Å²) in [6.07, 6.45) is 1.46. The fraction of sp³-hybridized carbons (Fsp3) is 0.0870. The van der Waals surface area contributed by atoms with Gasteiger partial charge in [-0.05, 0) is 29.8 Å². The molecular formula is C23H17Cl3N4OS. The van der Waals surface area contributed by atoms with Gasteiger partial charge in [0.15, 0.2) is 5.16 Å². The minimum absolute atomic E-state index is 0.145. The van der Waals surface area contributed by atoms with Crippen LogP contribution in [0.2, 0.25) is 15.1 Å². The van der Waals surface area contributed by atoms with Gasteiger partial charge in [0.25, 0.3) is 5.91 Å². The maximum Gasteiger partial charge on any atom is 0.250 e. The number of nitrogens with one attached hydrogen (secondary N) is 1. The Hall–Kier alpha value is -2.51. The maximum atomic E-state index is 12.3. The smallest absolute Gasteiger partial charge is 0.250 e. The van der Waals surface area contributed by atoms with Crippen molar-refractivity contribution in [1.82, 2.24) is 15.0 Å². The number of halogens is 3. The number of carbonyl (C=O) groups is 1. The molecule has 0 spiro atoms. The van der Waals surface area contributed by atoms with E-state index in [9.17, 15) is 4.79 Å². The van der Waals surface area contributed by atoms with Crippen molar-refractivity contribution in [2.24, 2.45) is 5.10 Å². The van der Waals surface area contributed by atoms with Gasteiger partial charge in [-0.2, -0.15) is 5.10 Å². The van der Waals surface area contributed by atoms with Gasteiger partial charge in [-0.3, -0.25) is 4.79 Å². The van der Waals surface area contributed by atoms with Crippen LogP contribution in [0, 0.1) is 0 Å². The van der Waals surface area contributed by atoms with E-state index in [0.717, 1.165) is 21.8 Å². The SMILES string of the molecule is O=C(CSc1nc2ccccc2n1Cc1ccccc1Cl)NN=Cc1cccc(Cl)c1Cl. The van der Waals surface area contributed by atoms with Crippen molar-refractivity contribution in [1.29, 1.82) is 0 Å². The van der Waals surface area contributed by atoms with Crippen LogP contribution in [0.25, 0.3) is 11.0 Å². The van der Waals surface area contributed by atoms with Crippen molar-refractivity contribution >= 4 is 69.7 Å². The van der Waals surface area contributed by atoms with Crippen LogP contribution in [-0.2, 0) is 11.3 Å². The van der Waals surface area contributed by atoms with Gasteiger partial charge in [0, 0.05) is 10.6 Å². The van der Waals surface area contributed by atoms with E-state index in [-0.39, 0.29) is 11.7 Å². The summed E-state index contributed by atoms with van der Waals surface area (Å²) in [6.45, 7) is 0.551. The topological polar surface area (TPSA) is 59.3 Å². The third-order valence-electron chi connectivity index (χ3n) is 4.61. The summed E-state index contributed by atoms with van der Waals surface area (Å²) in [5.41, 5.74) is 5.94. The van der Waals surface area contributed by atoms with Crippen molar-refractivity contribution in [2.75, 3.05) is 5.75 Å². The fourth-order valence-corrected chi connectivity index (χ4v) is 4.43. The van der Waals surface area contributed by atoms with Crippen molar-refractivity contribution in [3.05, 3.63) is 92.9 Å². The first kappa shape index (κ1) is 22.7. The highest BCUT2D eigenvalue weighted by Crippen LogP contribution is 2.27. The van der Waals surface area contributed by atoms with Crippen LogP contribution in [0.5, 0.6) is 0 Å². The summed E-state index contributed by atoms with van der Waals surface area (Å²) < 4.78 is 2.06. The molecule has 0 aliphatic carbocycles. The van der Waals surface area contributed by atoms with E-state index in [0.29, 0.717) is 27.2 Å². The van der Waals surface area contributed by atoms with Crippen molar-refractivity contribution in [2.45, 2.75) is 11.7 Å². The van der Waals surface area contributed by atoms with E-state index in [4.69, 9.17) is 39.8 Å². The average molecular weight is 504 g/mol. The quantitative estimate of drug-likeness (QED) is 0.183. The molecule has 0 aliphatic rings. The highest BCUT2D eigenvalue weighted by Gasteiger charge is 2.14. The van der Waals surface area contributed by atoms with Crippen LogP contribution >= 0.6 is 46.6 Å². The molecule has 5 nitrogen and oxygen atoms in total. The van der Waals surface area contributed by atoms with Crippen molar-refractivity contribution in [3.8, 4) is 0 Å². The number of hydrogen-bond donors (Lipinski definition) is 1. The zero-order valence-electron chi connectivity index (χ0n) is 16.6. The van der Waals surface area contributed by atoms with Crippen LogP contribution in [-0.4, -0.2) is 27.4 Å². The van der Waals surface area contributed by atoms with E-state index in [1.165, 1.54) is 18.0 Å². The molecule has 0 aliphatic heterocycles. The second-order valence-corrected chi connectivity index (χ2v) is 8.92. The van der Waals surface area contributed by atoms with Gasteiger partial charge in [-0.1, -0.05) is 89.0 Å². The number of carbonyl (C=O) groups excluding carboxylic acids is 1. The number of hydrogen-bond acceptors (Lipinski definition) is 4. The monoisotopic (exact) mass is 502 g/mol. The minimum Gasteiger partial charge on any atom is -0.314 e. The highest BCUT2D eigenvalue weighted by atomic mass is 35.5. The van der Waals surface area contributed by atoms with Crippen LogP contribution in [0.1, 0.15) is 11.1 Å². The predicted molar refractivity (Wildman–Crippen MR) is 133 cm³/mol. The molecule has 4 aromatic rings. The van der Waals surface area contributed by atoms with Gasteiger partial charge in [-0.25, -0.2) is 10.4 Å². The zero-order valence-corrected chi connectivity index (χ0v) is 19.7.